The fourth-order valence-electron chi connectivity index (χ4n) is 2.24. The first-order chi connectivity index (χ1) is 8.19. The molecule has 1 fully saturated rings. The van der Waals surface area contributed by atoms with Crippen molar-refractivity contribution in [2.45, 2.75) is 37.1 Å². The number of nitrogens with one attached hydrogen (secondary N) is 1. The third-order valence-electron chi connectivity index (χ3n) is 3.07. The van der Waals surface area contributed by atoms with Crippen molar-refractivity contribution in [3.63, 3.8) is 0 Å². The van der Waals surface area contributed by atoms with Gasteiger partial charge >= 0.3 is 0 Å². The van der Waals surface area contributed by atoms with Crippen molar-refractivity contribution >= 4 is 23.5 Å². The van der Waals surface area contributed by atoms with Gasteiger partial charge in [-0.1, -0.05) is 6.42 Å². The molecule has 0 bridgehead atoms. The molecule has 17 heavy (non-hydrogen) atoms. The van der Waals surface area contributed by atoms with E-state index in [-0.39, 0.29) is 12.5 Å². The number of amides is 1. The number of hydrogen-bond acceptors (Lipinski definition) is 4. The lowest BCUT2D eigenvalue weighted by atomic mass is 10.2. The lowest BCUT2D eigenvalue weighted by Crippen LogP contribution is -2.40. The summed E-state index contributed by atoms with van der Waals surface area (Å²) in [7, 11) is 0. The van der Waals surface area contributed by atoms with Gasteiger partial charge in [0.2, 0.25) is 5.91 Å². The Morgan fingerprint density at radius 3 is 3.18 bits per heavy atom. The van der Waals surface area contributed by atoms with E-state index >= 15 is 0 Å². The maximum absolute atomic E-state index is 11.8. The lowest BCUT2D eigenvalue weighted by molar-refractivity contribution is -0.122. The summed E-state index contributed by atoms with van der Waals surface area (Å²) in [6.07, 6.45) is 7.30. The van der Waals surface area contributed by atoms with Gasteiger partial charge in [0.05, 0.1) is 0 Å². The predicted molar refractivity (Wildman–Crippen MR) is 69.7 cm³/mol. The fourth-order valence-corrected chi connectivity index (χ4v) is 3.17. The Bertz CT molecular complexity index is 393. The van der Waals surface area contributed by atoms with Crippen molar-refractivity contribution in [2.75, 3.05) is 12.0 Å². The molecule has 2 rings (SSSR count). The monoisotopic (exact) mass is 254 g/mol. The van der Waals surface area contributed by atoms with Crippen LogP contribution in [0.5, 0.6) is 0 Å². The Morgan fingerprint density at radius 2 is 2.53 bits per heavy atom. The molecule has 2 unspecified atom stereocenters. The zero-order valence-corrected chi connectivity index (χ0v) is 10.7. The van der Waals surface area contributed by atoms with E-state index in [0.717, 1.165) is 6.42 Å². The minimum atomic E-state index is 0.0130. The van der Waals surface area contributed by atoms with Crippen LogP contribution in [0.4, 0.5) is 5.82 Å². The number of carbonyl (C=O) groups excluding carboxylic acids is 1. The molecule has 1 aromatic heterocycles. The molecular formula is C11H18N4OS. The number of nitrogens with zero attached hydrogens (tertiary/aromatic N) is 2. The van der Waals surface area contributed by atoms with Crippen molar-refractivity contribution < 1.29 is 4.79 Å². The summed E-state index contributed by atoms with van der Waals surface area (Å²) in [5.74, 6) is 0.458. The topological polar surface area (TPSA) is 72.9 Å². The summed E-state index contributed by atoms with van der Waals surface area (Å²) in [4.78, 5) is 11.8. The molecule has 94 valence electrons. The van der Waals surface area contributed by atoms with Crippen LogP contribution in [-0.4, -0.2) is 33.2 Å². The summed E-state index contributed by atoms with van der Waals surface area (Å²) in [5, 5.41) is 7.63. The van der Waals surface area contributed by atoms with Gasteiger partial charge in [-0.2, -0.15) is 16.9 Å². The highest BCUT2D eigenvalue weighted by atomic mass is 32.2. The molecule has 5 nitrogen and oxygen atoms in total. The van der Waals surface area contributed by atoms with E-state index in [1.165, 1.54) is 12.8 Å². The molecular weight excluding hydrogens is 236 g/mol. The van der Waals surface area contributed by atoms with E-state index in [2.05, 4.69) is 16.7 Å². The first kappa shape index (κ1) is 12.3. The van der Waals surface area contributed by atoms with Gasteiger partial charge in [-0.15, -0.1) is 0 Å². The van der Waals surface area contributed by atoms with Gasteiger partial charge in [0, 0.05) is 17.5 Å². The second-order valence-electron chi connectivity index (χ2n) is 4.32. The molecule has 0 aromatic carbocycles. The average molecular weight is 254 g/mol. The van der Waals surface area contributed by atoms with Gasteiger partial charge in [-0.3, -0.25) is 9.48 Å². The third-order valence-corrected chi connectivity index (χ3v) is 4.24. The fraction of sp³-hybridized carbons (Fsp3) is 0.636. The molecule has 1 aromatic rings. The van der Waals surface area contributed by atoms with E-state index < -0.39 is 0 Å². The van der Waals surface area contributed by atoms with Gasteiger partial charge < -0.3 is 11.1 Å². The Labute approximate surface area is 105 Å². The predicted octanol–water partition coefficient (Wildman–Crippen LogP) is 0.866. The Hall–Kier alpha value is -1.17. The second kappa shape index (κ2) is 5.44. The Balaban J connectivity index is 1.85. The van der Waals surface area contributed by atoms with Crippen LogP contribution in [0.3, 0.4) is 0 Å². The van der Waals surface area contributed by atoms with E-state index in [1.807, 2.05) is 11.8 Å². The molecule has 0 saturated heterocycles. The van der Waals surface area contributed by atoms with E-state index in [1.54, 1.807) is 16.9 Å². The lowest BCUT2D eigenvalue weighted by Gasteiger charge is -2.19. The van der Waals surface area contributed by atoms with Crippen LogP contribution < -0.4 is 11.1 Å². The number of rotatable bonds is 4. The molecule has 3 N–H and O–H groups in total. The second-order valence-corrected chi connectivity index (χ2v) is 5.39. The van der Waals surface area contributed by atoms with Crippen LogP contribution in [0, 0.1) is 0 Å². The van der Waals surface area contributed by atoms with Gasteiger partial charge in [0.25, 0.3) is 0 Å². The quantitative estimate of drug-likeness (QED) is 0.836. The van der Waals surface area contributed by atoms with Crippen LogP contribution in [0.1, 0.15) is 19.3 Å². The highest BCUT2D eigenvalue weighted by Gasteiger charge is 2.27. The van der Waals surface area contributed by atoms with Crippen molar-refractivity contribution in [3.05, 3.63) is 12.3 Å². The van der Waals surface area contributed by atoms with Gasteiger partial charge in [0.1, 0.15) is 12.4 Å². The number of anilines is 1. The summed E-state index contributed by atoms with van der Waals surface area (Å²) in [6, 6.07) is 2.00. The molecule has 1 amide bonds. The van der Waals surface area contributed by atoms with Gasteiger partial charge in [-0.25, -0.2) is 0 Å². The molecule has 6 heteroatoms. The molecule has 1 saturated carbocycles. The number of nitrogens with two attached hydrogens (primary N) is 1. The number of aromatic nitrogens is 2. The maximum atomic E-state index is 11.8. The number of carbonyl (C=O) groups is 1. The van der Waals surface area contributed by atoms with Crippen LogP contribution in [-0.2, 0) is 11.3 Å². The smallest absolute Gasteiger partial charge is 0.241 e. The van der Waals surface area contributed by atoms with Gasteiger partial charge in [-0.05, 0) is 25.2 Å². The van der Waals surface area contributed by atoms with Crippen molar-refractivity contribution in [1.82, 2.24) is 15.1 Å². The van der Waals surface area contributed by atoms with Gasteiger partial charge in [0.15, 0.2) is 0 Å². The van der Waals surface area contributed by atoms with E-state index in [0.29, 0.717) is 17.1 Å². The first-order valence-corrected chi connectivity index (χ1v) is 7.09. The number of hydrogen-bond donors (Lipinski definition) is 2. The molecule has 0 spiro atoms. The summed E-state index contributed by atoms with van der Waals surface area (Å²) in [6.45, 7) is 0.245. The number of thioether (sulfide) groups is 1. The normalized spacial score (nSPS) is 23.8. The minimum Gasteiger partial charge on any atom is -0.382 e. The van der Waals surface area contributed by atoms with E-state index in [4.69, 9.17) is 5.73 Å². The molecule has 1 heterocycles. The zero-order valence-electron chi connectivity index (χ0n) is 9.93. The standard InChI is InChI=1S/C11H18N4OS/c1-17-9-4-2-3-8(9)13-11(16)7-15-6-5-10(12)14-15/h5-6,8-9H,2-4,7H2,1H3,(H2,12,14)(H,13,16). The van der Waals surface area contributed by atoms with Crippen LogP contribution >= 0.6 is 11.8 Å². The molecule has 1 aliphatic carbocycles. The minimum absolute atomic E-state index is 0.0130. The summed E-state index contributed by atoms with van der Waals surface area (Å²) < 4.78 is 1.56. The maximum Gasteiger partial charge on any atom is 0.241 e. The highest BCUT2D eigenvalue weighted by molar-refractivity contribution is 7.99. The summed E-state index contributed by atoms with van der Waals surface area (Å²) >= 11 is 1.84. The van der Waals surface area contributed by atoms with E-state index in [9.17, 15) is 4.79 Å². The Kier molecular flexibility index (Phi) is 3.93. The van der Waals surface area contributed by atoms with Crippen LogP contribution in [0.15, 0.2) is 12.3 Å². The SMILES string of the molecule is CSC1CCCC1NC(=O)Cn1ccc(N)n1. The molecule has 0 aliphatic heterocycles. The molecule has 1 aliphatic rings. The highest BCUT2D eigenvalue weighted by Crippen LogP contribution is 2.28. The van der Waals surface area contributed by atoms with Crippen LogP contribution in [0.25, 0.3) is 0 Å². The van der Waals surface area contributed by atoms with Crippen molar-refractivity contribution in [3.8, 4) is 0 Å². The Morgan fingerprint density at radius 1 is 1.71 bits per heavy atom. The number of nitrogen functional groups attached to an aromatic ring is 1. The van der Waals surface area contributed by atoms with Crippen molar-refractivity contribution in [2.24, 2.45) is 0 Å². The third kappa shape index (κ3) is 3.15. The summed E-state index contributed by atoms with van der Waals surface area (Å²) in [5.41, 5.74) is 5.49. The zero-order chi connectivity index (χ0) is 12.3. The van der Waals surface area contributed by atoms with Crippen LogP contribution in [0.2, 0.25) is 0 Å². The molecule has 0 radical (unpaired) electrons. The molecule has 2 atom stereocenters. The van der Waals surface area contributed by atoms with Crippen molar-refractivity contribution in [1.29, 1.82) is 0 Å². The largest absolute Gasteiger partial charge is 0.382 e. The average Bonchev–Trinajstić information content (AvgIpc) is 2.87. The first-order valence-electron chi connectivity index (χ1n) is 5.80.